The van der Waals surface area contributed by atoms with Gasteiger partial charge < -0.3 is 10.5 Å². The Kier molecular flexibility index (Phi) is 4.74. The highest BCUT2D eigenvalue weighted by Gasteiger charge is 2.01. The lowest BCUT2D eigenvalue weighted by Crippen LogP contribution is -2.02. The van der Waals surface area contributed by atoms with E-state index in [9.17, 15) is 0 Å². The molecule has 0 saturated carbocycles. The summed E-state index contributed by atoms with van der Waals surface area (Å²) < 4.78 is 5.82. The maximum Gasteiger partial charge on any atom is 0.122 e. The normalized spacial score (nSPS) is 10.4. The lowest BCUT2D eigenvalue weighted by molar-refractivity contribution is 0.341. The first-order valence-electron chi connectivity index (χ1n) is 6.34. The average molecular weight is 273 g/mol. The van der Waals surface area contributed by atoms with Gasteiger partial charge >= 0.3 is 0 Å². The van der Waals surface area contributed by atoms with Crippen molar-refractivity contribution in [1.82, 2.24) is 0 Å². The molecule has 0 bridgehead atoms. The minimum atomic E-state index is 0.708. The number of nitrogens with two attached hydrogens (primary N) is 1. The van der Waals surface area contributed by atoms with Crippen molar-refractivity contribution < 1.29 is 4.74 Å². The zero-order valence-corrected chi connectivity index (χ0v) is 12.2. The fraction of sp³-hybridized carbons (Fsp3) is 0.250. The highest BCUT2D eigenvalue weighted by molar-refractivity contribution is 7.99. The number of hydrogen-bond donors (Lipinski definition) is 1. The number of thioether (sulfide) groups is 1. The number of ether oxygens (including phenoxy) is 1. The van der Waals surface area contributed by atoms with Gasteiger partial charge in [-0.1, -0.05) is 12.1 Å². The van der Waals surface area contributed by atoms with Gasteiger partial charge in [0.05, 0.1) is 6.61 Å². The number of aryl methyl sites for hydroxylation is 1. The lowest BCUT2D eigenvalue weighted by atomic mass is 10.1. The number of rotatable bonds is 5. The van der Waals surface area contributed by atoms with Crippen LogP contribution in [0, 0.1) is 13.8 Å². The predicted octanol–water partition coefficient (Wildman–Crippen LogP) is 4.06. The SMILES string of the molecule is Cc1cccc(OCCSc2ccc(N)cc2)c1C. The Morgan fingerprint density at radius 3 is 2.53 bits per heavy atom. The molecule has 0 spiro atoms. The van der Waals surface area contributed by atoms with Gasteiger partial charge in [-0.05, 0) is 55.3 Å². The molecular formula is C16H19NOS. The van der Waals surface area contributed by atoms with E-state index in [2.05, 4.69) is 19.9 Å². The largest absolute Gasteiger partial charge is 0.492 e. The molecule has 2 N–H and O–H groups in total. The van der Waals surface area contributed by atoms with Crippen LogP contribution in [0.5, 0.6) is 5.75 Å². The number of nitrogen functional groups attached to an aromatic ring is 1. The smallest absolute Gasteiger partial charge is 0.122 e. The van der Waals surface area contributed by atoms with Crippen molar-refractivity contribution >= 4 is 17.4 Å². The van der Waals surface area contributed by atoms with E-state index in [-0.39, 0.29) is 0 Å². The van der Waals surface area contributed by atoms with Gasteiger partial charge in [0, 0.05) is 16.3 Å². The standard InChI is InChI=1S/C16H19NOS/c1-12-4-3-5-16(13(12)2)18-10-11-19-15-8-6-14(17)7-9-15/h3-9H,10-11,17H2,1-2H3. The molecule has 0 aliphatic rings. The number of hydrogen-bond acceptors (Lipinski definition) is 3. The minimum absolute atomic E-state index is 0.708. The van der Waals surface area contributed by atoms with E-state index in [1.807, 2.05) is 36.4 Å². The quantitative estimate of drug-likeness (QED) is 0.507. The molecule has 0 fully saturated rings. The molecular weight excluding hydrogens is 254 g/mol. The van der Waals surface area contributed by atoms with Gasteiger partial charge in [-0.25, -0.2) is 0 Å². The van der Waals surface area contributed by atoms with Crippen molar-refractivity contribution in [2.24, 2.45) is 0 Å². The molecule has 0 heterocycles. The maximum atomic E-state index is 5.82. The summed E-state index contributed by atoms with van der Waals surface area (Å²) in [5.41, 5.74) is 8.95. The highest BCUT2D eigenvalue weighted by atomic mass is 32.2. The van der Waals surface area contributed by atoms with E-state index in [4.69, 9.17) is 10.5 Å². The summed E-state index contributed by atoms with van der Waals surface area (Å²) in [4.78, 5) is 1.22. The van der Waals surface area contributed by atoms with Crippen LogP contribution < -0.4 is 10.5 Å². The monoisotopic (exact) mass is 273 g/mol. The Morgan fingerprint density at radius 1 is 1.05 bits per heavy atom. The third-order valence-corrected chi connectivity index (χ3v) is 4.02. The Morgan fingerprint density at radius 2 is 1.79 bits per heavy atom. The second kappa shape index (κ2) is 6.53. The fourth-order valence-corrected chi connectivity index (χ4v) is 2.49. The first-order chi connectivity index (χ1) is 9.16. The molecule has 0 unspecified atom stereocenters. The molecule has 0 amide bonds. The van der Waals surface area contributed by atoms with Gasteiger partial charge in [-0.15, -0.1) is 11.8 Å². The van der Waals surface area contributed by atoms with Crippen LogP contribution in [0.1, 0.15) is 11.1 Å². The summed E-state index contributed by atoms with van der Waals surface area (Å²) in [7, 11) is 0. The third kappa shape index (κ3) is 3.93. The summed E-state index contributed by atoms with van der Waals surface area (Å²) in [6.45, 7) is 4.91. The molecule has 100 valence electrons. The molecule has 0 aliphatic carbocycles. The summed E-state index contributed by atoms with van der Waals surface area (Å²) in [6, 6.07) is 14.1. The van der Waals surface area contributed by atoms with Crippen molar-refractivity contribution in [2.75, 3.05) is 18.1 Å². The van der Waals surface area contributed by atoms with Crippen molar-refractivity contribution in [1.29, 1.82) is 0 Å². The number of anilines is 1. The minimum Gasteiger partial charge on any atom is -0.492 e. The molecule has 0 atom stereocenters. The third-order valence-electron chi connectivity index (χ3n) is 3.04. The molecule has 2 nitrogen and oxygen atoms in total. The zero-order valence-electron chi connectivity index (χ0n) is 11.3. The Labute approximate surface area is 119 Å². The highest BCUT2D eigenvalue weighted by Crippen LogP contribution is 2.22. The molecule has 0 aliphatic heterocycles. The topological polar surface area (TPSA) is 35.2 Å². The van der Waals surface area contributed by atoms with E-state index in [0.717, 1.165) is 17.2 Å². The first kappa shape index (κ1) is 13.8. The Balaban J connectivity index is 1.81. The van der Waals surface area contributed by atoms with Crippen LogP contribution in [0.15, 0.2) is 47.4 Å². The van der Waals surface area contributed by atoms with E-state index < -0.39 is 0 Å². The van der Waals surface area contributed by atoms with Crippen LogP contribution >= 0.6 is 11.8 Å². The lowest BCUT2D eigenvalue weighted by Gasteiger charge is -2.10. The van der Waals surface area contributed by atoms with Crippen LogP contribution in [-0.2, 0) is 0 Å². The maximum absolute atomic E-state index is 5.82. The molecule has 2 aromatic carbocycles. The van der Waals surface area contributed by atoms with E-state index >= 15 is 0 Å². The van der Waals surface area contributed by atoms with E-state index in [1.165, 1.54) is 16.0 Å². The Hall–Kier alpha value is -1.61. The van der Waals surface area contributed by atoms with Crippen molar-refractivity contribution in [3.63, 3.8) is 0 Å². The van der Waals surface area contributed by atoms with Crippen LogP contribution in [0.25, 0.3) is 0 Å². The van der Waals surface area contributed by atoms with Crippen molar-refractivity contribution in [2.45, 2.75) is 18.7 Å². The molecule has 19 heavy (non-hydrogen) atoms. The van der Waals surface area contributed by atoms with Crippen molar-refractivity contribution in [3.8, 4) is 5.75 Å². The summed E-state index contributed by atoms with van der Waals surface area (Å²) in [6.07, 6.45) is 0. The summed E-state index contributed by atoms with van der Waals surface area (Å²) in [5, 5.41) is 0. The second-order valence-corrected chi connectivity index (χ2v) is 5.63. The Bertz CT molecular complexity index is 537. The van der Waals surface area contributed by atoms with Gasteiger partial charge in [-0.2, -0.15) is 0 Å². The molecule has 2 rings (SSSR count). The molecule has 3 heteroatoms. The molecule has 0 aromatic heterocycles. The molecule has 0 radical (unpaired) electrons. The van der Waals surface area contributed by atoms with Gasteiger partial charge in [0.1, 0.15) is 5.75 Å². The summed E-state index contributed by atoms with van der Waals surface area (Å²) in [5.74, 6) is 1.91. The van der Waals surface area contributed by atoms with Gasteiger partial charge in [0.25, 0.3) is 0 Å². The van der Waals surface area contributed by atoms with Crippen molar-refractivity contribution in [3.05, 3.63) is 53.6 Å². The van der Waals surface area contributed by atoms with Crippen LogP contribution in [0.3, 0.4) is 0 Å². The van der Waals surface area contributed by atoms with Gasteiger partial charge in [0.15, 0.2) is 0 Å². The van der Waals surface area contributed by atoms with E-state index in [0.29, 0.717) is 6.61 Å². The van der Waals surface area contributed by atoms with Gasteiger partial charge in [-0.3, -0.25) is 0 Å². The van der Waals surface area contributed by atoms with Crippen LogP contribution in [-0.4, -0.2) is 12.4 Å². The average Bonchev–Trinajstić information content (AvgIpc) is 2.41. The summed E-state index contributed by atoms with van der Waals surface area (Å²) >= 11 is 1.78. The fourth-order valence-electron chi connectivity index (χ4n) is 1.76. The first-order valence-corrected chi connectivity index (χ1v) is 7.33. The van der Waals surface area contributed by atoms with Crippen LogP contribution in [0.4, 0.5) is 5.69 Å². The molecule has 2 aromatic rings. The predicted molar refractivity (Wildman–Crippen MR) is 83.0 cm³/mol. The van der Waals surface area contributed by atoms with Gasteiger partial charge in [0.2, 0.25) is 0 Å². The zero-order chi connectivity index (χ0) is 13.7. The molecule has 0 saturated heterocycles. The number of benzene rings is 2. The second-order valence-electron chi connectivity index (χ2n) is 4.46. The van der Waals surface area contributed by atoms with Crippen LogP contribution in [0.2, 0.25) is 0 Å². The van der Waals surface area contributed by atoms with E-state index in [1.54, 1.807) is 11.8 Å².